The monoisotopic (exact) mass is 668 g/mol. The molecule has 0 saturated carbocycles. The number of rotatable bonds is 6. The molecule has 0 spiro atoms. The van der Waals surface area contributed by atoms with Gasteiger partial charge in [0.2, 0.25) is 0 Å². The van der Waals surface area contributed by atoms with Crippen molar-refractivity contribution in [2.75, 3.05) is 4.90 Å². The van der Waals surface area contributed by atoms with Crippen molar-refractivity contribution in [2.45, 2.75) is 0 Å². The molecular weight excluding hydrogens is 639 g/mol. The molecule has 2 aromatic heterocycles. The maximum atomic E-state index is 6.26. The topological polar surface area (TPSA) is 29.3 Å². The number of oxazole rings is 1. The van der Waals surface area contributed by atoms with E-state index in [2.05, 4.69) is 150 Å². The van der Waals surface area contributed by atoms with Gasteiger partial charge >= 0.3 is 280 Å². The van der Waals surface area contributed by atoms with Crippen molar-refractivity contribution >= 4 is 62.0 Å². The van der Waals surface area contributed by atoms with Crippen LogP contribution in [0.5, 0.6) is 0 Å². The van der Waals surface area contributed by atoms with Gasteiger partial charge in [-0.05, 0) is 0 Å². The predicted molar refractivity (Wildman–Crippen MR) is 197 cm³/mol. The summed E-state index contributed by atoms with van der Waals surface area (Å²) in [5.74, 6) is 0.673. The number of anilines is 3. The third-order valence-electron chi connectivity index (χ3n) is 8.70. The van der Waals surface area contributed by atoms with Crippen LogP contribution in [0.3, 0.4) is 0 Å². The Morgan fingerprint density at radius 2 is 1.17 bits per heavy atom. The molecule has 0 fully saturated rings. The summed E-state index contributed by atoms with van der Waals surface area (Å²) >= 11 is 0.138. The number of hydrogen-bond donors (Lipinski definition) is 0. The second kappa shape index (κ2) is 11.6. The van der Waals surface area contributed by atoms with Gasteiger partial charge < -0.3 is 0 Å². The number of benzene rings is 7. The van der Waals surface area contributed by atoms with Crippen molar-refractivity contribution in [3.8, 4) is 33.7 Å². The molecule has 0 aliphatic heterocycles. The van der Waals surface area contributed by atoms with Gasteiger partial charge in [-0.3, -0.25) is 0 Å². The summed E-state index contributed by atoms with van der Waals surface area (Å²) in [7, 11) is 0. The van der Waals surface area contributed by atoms with Crippen molar-refractivity contribution in [2.24, 2.45) is 0 Å². The van der Waals surface area contributed by atoms with Gasteiger partial charge in [-0.1, -0.05) is 0 Å². The Bertz CT molecular complexity index is 2500. The van der Waals surface area contributed by atoms with E-state index in [1.807, 2.05) is 24.3 Å². The van der Waals surface area contributed by atoms with Crippen LogP contribution in [-0.2, 0) is 0 Å². The Hall–Kier alpha value is -5.67. The van der Waals surface area contributed by atoms with E-state index in [0.717, 1.165) is 33.7 Å². The third kappa shape index (κ3) is 4.96. The van der Waals surface area contributed by atoms with Crippen LogP contribution in [0.1, 0.15) is 0 Å². The van der Waals surface area contributed by atoms with Crippen LogP contribution in [0.2, 0.25) is 0 Å². The second-order valence-electron chi connectivity index (χ2n) is 11.6. The Morgan fingerprint density at radius 3 is 2.02 bits per heavy atom. The Morgan fingerprint density at radius 1 is 0.489 bits per heavy atom. The van der Waals surface area contributed by atoms with Gasteiger partial charge in [0.1, 0.15) is 0 Å². The van der Waals surface area contributed by atoms with Crippen LogP contribution in [-0.4, -0.2) is 19.5 Å². The van der Waals surface area contributed by atoms with Crippen LogP contribution >= 0.6 is 0 Å². The first-order valence-electron chi connectivity index (χ1n) is 15.7. The van der Waals surface area contributed by atoms with E-state index in [4.69, 9.17) is 9.40 Å². The molecule has 0 unspecified atom stereocenters. The number of nitrogens with zero attached hydrogens (tertiary/aromatic N) is 2. The van der Waals surface area contributed by atoms with Gasteiger partial charge in [0.25, 0.3) is 0 Å². The normalized spacial score (nSPS) is 11.4. The Kier molecular flexibility index (Phi) is 6.82. The quantitative estimate of drug-likeness (QED) is 0.165. The average Bonchev–Trinajstić information content (AvgIpc) is 3.74. The Balaban J connectivity index is 1.24. The van der Waals surface area contributed by atoms with E-state index in [1.54, 1.807) is 0 Å². The van der Waals surface area contributed by atoms with Crippen LogP contribution < -0.4 is 4.90 Å². The first kappa shape index (κ1) is 27.6. The zero-order valence-corrected chi connectivity index (χ0v) is 27.1. The first-order chi connectivity index (χ1) is 23.3. The van der Waals surface area contributed by atoms with Crippen LogP contribution in [0.4, 0.5) is 17.1 Å². The van der Waals surface area contributed by atoms with Crippen LogP contribution in [0.15, 0.2) is 174 Å². The van der Waals surface area contributed by atoms with Crippen molar-refractivity contribution in [3.63, 3.8) is 0 Å². The molecule has 0 aliphatic carbocycles. The zero-order chi connectivity index (χ0) is 31.2. The minimum atomic E-state index is 0.138. The van der Waals surface area contributed by atoms with Gasteiger partial charge in [-0.15, -0.1) is 0 Å². The molecule has 0 radical (unpaired) electrons. The molecular formula is C43H28N2OSe. The number of aromatic nitrogens is 1. The molecule has 9 aromatic rings. The minimum absolute atomic E-state index is 0.138. The molecule has 0 amide bonds. The van der Waals surface area contributed by atoms with E-state index in [9.17, 15) is 0 Å². The van der Waals surface area contributed by atoms with Crippen molar-refractivity contribution < 1.29 is 4.42 Å². The fraction of sp³-hybridized carbons (Fsp3) is 0. The maximum absolute atomic E-state index is 6.26. The number of fused-ring (bicyclic) bond motifs is 4. The molecule has 2 heterocycles. The molecule has 3 nitrogen and oxygen atoms in total. The molecule has 4 heteroatoms. The van der Waals surface area contributed by atoms with Crippen molar-refractivity contribution in [1.82, 2.24) is 4.98 Å². The molecule has 0 aliphatic rings. The van der Waals surface area contributed by atoms with Crippen LogP contribution in [0, 0.1) is 0 Å². The van der Waals surface area contributed by atoms with E-state index in [0.29, 0.717) is 5.89 Å². The zero-order valence-electron chi connectivity index (χ0n) is 25.4. The summed E-state index contributed by atoms with van der Waals surface area (Å²) in [5, 5.41) is 2.50. The third-order valence-corrected chi connectivity index (χ3v) is 11.0. The average molecular weight is 668 g/mol. The number of hydrogen-bond acceptors (Lipinski definition) is 3. The summed E-state index contributed by atoms with van der Waals surface area (Å²) in [6.07, 6.45) is 0. The fourth-order valence-electron chi connectivity index (χ4n) is 6.53. The summed E-state index contributed by atoms with van der Waals surface area (Å²) in [5.41, 5.74) is 10.9. The van der Waals surface area contributed by atoms with Gasteiger partial charge in [-0.2, -0.15) is 0 Å². The van der Waals surface area contributed by atoms with Gasteiger partial charge in [0, 0.05) is 0 Å². The van der Waals surface area contributed by atoms with Crippen molar-refractivity contribution in [3.05, 3.63) is 170 Å². The van der Waals surface area contributed by atoms with Crippen LogP contribution in [0.25, 0.3) is 64.1 Å². The molecule has 7 aromatic carbocycles. The fourth-order valence-corrected chi connectivity index (χ4v) is 8.98. The van der Waals surface area contributed by atoms with E-state index < -0.39 is 0 Å². The predicted octanol–water partition coefficient (Wildman–Crippen LogP) is 11.7. The Labute approximate surface area is 278 Å². The molecule has 0 N–H and O–H groups in total. The summed E-state index contributed by atoms with van der Waals surface area (Å²) in [6, 6.07) is 60.3. The molecule has 47 heavy (non-hydrogen) atoms. The van der Waals surface area contributed by atoms with Gasteiger partial charge in [0.05, 0.1) is 0 Å². The van der Waals surface area contributed by atoms with E-state index in [-0.39, 0.29) is 14.5 Å². The molecule has 0 bridgehead atoms. The first-order valence-corrected chi connectivity index (χ1v) is 17.4. The SMILES string of the molecule is c1ccc(-c2cccc(N(c3ccc4c(c3)[se]c3cccc(-c5nc6ccccc6o5)c34)c3ccccc3-c3ccccc3)c2)cc1. The molecule has 0 atom stereocenters. The molecule has 0 saturated heterocycles. The molecule has 222 valence electrons. The van der Waals surface area contributed by atoms with E-state index in [1.165, 1.54) is 41.5 Å². The summed E-state index contributed by atoms with van der Waals surface area (Å²) in [4.78, 5) is 7.27. The number of para-hydroxylation sites is 3. The standard InChI is InChI=1S/C43H28N2OSe/c1-3-13-29(14-4-1)31-17-11-18-32(27-31)45(38-22-9-7-19-34(38)30-15-5-2-6-16-30)33-25-26-35-41(28-33)47-40-24-12-20-36(42(35)40)43-44-37-21-8-10-23-39(37)46-43/h1-28H. The molecule has 9 rings (SSSR count). The second-order valence-corrected chi connectivity index (χ2v) is 13.9. The summed E-state index contributed by atoms with van der Waals surface area (Å²) < 4.78 is 8.97. The summed E-state index contributed by atoms with van der Waals surface area (Å²) in [6.45, 7) is 0. The van der Waals surface area contributed by atoms with E-state index >= 15 is 0 Å². The van der Waals surface area contributed by atoms with Gasteiger partial charge in [-0.25, -0.2) is 0 Å². The van der Waals surface area contributed by atoms with Gasteiger partial charge in [0.15, 0.2) is 0 Å². The van der Waals surface area contributed by atoms with Crippen molar-refractivity contribution in [1.29, 1.82) is 0 Å².